The van der Waals surface area contributed by atoms with Gasteiger partial charge in [0, 0.05) is 34.5 Å². The third kappa shape index (κ3) is 6.78. The summed E-state index contributed by atoms with van der Waals surface area (Å²) in [6.07, 6.45) is -3.48. The van der Waals surface area contributed by atoms with Crippen molar-refractivity contribution in [3.63, 3.8) is 0 Å². The molecule has 0 aliphatic heterocycles. The van der Waals surface area contributed by atoms with Gasteiger partial charge < -0.3 is 11.1 Å². The molecule has 0 fully saturated rings. The number of nitrogens with one attached hydrogen (secondary N) is 3. The predicted molar refractivity (Wildman–Crippen MR) is 147 cm³/mol. The van der Waals surface area contributed by atoms with Crippen molar-refractivity contribution in [2.75, 3.05) is 5.32 Å². The first kappa shape index (κ1) is 29.4. The predicted octanol–water partition coefficient (Wildman–Crippen LogP) is 4.57. The van der Waals surface area contributed by atoms with E-state index in [4.69, 9.17) is 11.1 Å². The van der Waals surface area contributed by atoms with Crippen molar-refractivity contribution in [3.8, 4) is 16.8 Å². The molecule has 214 valence electrons. The standard InChI is InChI=1S/C27H26F3N7O3S/c1-26(2,3)36-41(39,40)21-10-5-4-9-19(21)17-11-12-23(33-15-17)34-25(38)20-14-22(27(28,29)30)35-37(20)18-8-6-7-16(13-18)24(31)32/h4-15,36H,1-3H3,(H3,31,32)(H,33,34,38). The monoisotopic (exact) mass is 585 g/mol. The quantitative estimate of drug-likeness (QED) is 0.184. The van der Waals surface area contributed by atoms with Crippen LogP contribution in [0.2, 0.25) is 0 Å². The van der Waals surface area contributed by atoms with Gasteiger partial charge in [-0.3, -0.25) is 10.2 Å². The summed E-state index contributed by atoms with van der Waals surface area (Å²) < 4.78 is 69.9. The van der Waals surface area contributed by atoms with Crippen molar-refractivity contribution in [2.24, 2.45) is 5.73 Å². The zero-order valence-corrected chi connectivity index (χ0v) is 22.9. The van der Waals surface area contributed by atoms with E-state index in [1.165, 1.54) is 48.7 Å². The lowest BCUT2D eigenvalue weighted by Gasteiger charge is -2.21. The number of nitrogens with zero attached hydrogens (tertiary/aromatic N) is 3. The maximum Gasteiger partial charge on any atom is 0.435 e. The van der Waals surface area contributed by atoms with Crippen LogP contribution in [-0.2, 0) is 16.2 Å². The molecule has 0 radical (unpaired) electrons. The summed E-state index contributed by atoms with van der Waals surface area (Å²) in [5.74, 6) is -1.24. The van der Waals surface area contributed by atoms with Crippen LogP contribution in [0.3, 0.4) is 0 Å². The lowest BCUT2D eigenvalue weighted by molar-refractivity contribution is -0.141. The molecule has 0 unspecified atom stereocenters. The summed E-state index contributed by atoms with van der Waals surface area (Å²) in [7, 11) is -3.88. The van der Waals surface area contributed by atoms with Crippen molar-refractivity contribution in [3.05, 3.63) is 89.9 Å². The summed E-state index contributed by atoms with van der Waals surface area (Å²) >= 11 is 0. The number of sulfonamides is 1. The SMILES string of the molecule is CC(C)(C)NS(=O)(=O)c1ccccc1-c1ccc(NC(=O)c2cc(C(F)(F)F)nn2-c2cccc(C(=N)N)c2)nc1. The highest BCUT2D eigenvalue weighted by atomic mass is 32.2. The molecule has 10 nitrogen and oxygen atoms in total. The Kier molecular flexibility index (Phi) is 7.74. The van der Waals surface area contributed by atoms with Crippen LogP contribution in [0.1, 0.15) is 42.5 Å². The zero-order chi connectivity index (χ0) is 30.2. The smallest absolute Gasteiger partial charge is 0.384 e. The van der Waals surface area contributed by atoms with Crippen LogP contribution in [0.15, 0.2) is 77.8 Å². The minimum Gasteiger partial charge on any atom is -0.384 e. The fourth-order valence-corrected chi connectivity index (χ4v) is 5.54. The van der Waals surface area contributed by atoms with Gasteiger partial charge >= 0.3 is 6.18 Å². The molecule has 2 heterocycles. The minimum atomic E-state index is -4.83. The molecule has 0 atom stereocenters. The molecule has 2 aromatic heterocycles. The molecule has 5 N–H and O–H groups in total. The van der Waals surface area contributed by atoms with Gasteiger partial charge in [-0.2, -0.15) is 18.3 Å². The van der Waals surface area contributed by atoms with Crippen molar-refractivity contribution in [1.29, 1.82) is 5.41 Å². The van der Waals surface area contributed by atoms with Gasteiger partial charge in [-0.25, -0.2) is 22.8 Å². The Bertz CT molecular complexity index is 1730. The third-order valence-corrected chi connectivity index (χ3v) is 7.38. The highest BCUT2D eigenvalue weighted by molar-refractivity contribution is 7.89. The molecular formula is C27H26F3N7O3S. The normalized spacial score (nSPS) is 12.2. The van der Waals surface area contributed by atoms with E-state index in [1.54, 1.807) is 39.0 Å². The van der Waals surface area contributed by atoms with E-state index in [9.17, 15) is 26.4 Å². The van der Waals surface area contributed by atoms with Crippen LogP contribution in [0.25, 0.3) is 16.8 Å². The number of hydrogen-bond acceptors (Lipinski definition) is 6. The maximum atomic E-state index is 13.5. The number of nitrogen functional groups attached to an aromatic ring is 1. The summed E-state index contributed by atoms with van der Waals surface area (Å²) in [5, 5.41) is 13.6. The Labute approximate surface area is 234 Å². The average Bonchev–Trinajstić information content (AvgIpc) is 3.35. The van der Waals surface area contributed by atoms with E-state index in [1.807, 2.05) is 0 Å². The van der Waals surface area contributed by atoms with E-state index >= 15 is 0 Å². The number of benzene rings is 2. The summed E-state index contributed by atoms with van der Waals surface area (Å²) in [6.45, 7) is 5.15. The number of amidine groups is 1. The van der Waals surface area contributed by atoms with E-state index in [2.05, 4.69) is 20.1 Å². The first-order valence-corrected chi connectivity index (χ1v) is 13.6. The second kappa shape index (κ2) is 10.8. The number of carbonyl (C=O) groups excluding carboxylic acids is 1. The van der Waals surface area contributed by atoms with E-state index in [0.29, 0.717) is 17.2 Å². The topological polar surface area (TPSA) is 156 Å². The molecule has 1 amide bonds. The van der Waals surface area contributed by atoms with Crippen LogP contribution in [-0.4, -0.2) is 40.5 Å². The van der Waals surface area contributed by atoms with Gasteiger partial charge in [-0.1, -0.05) is 30.3 Å². The number of alkyl halides is 3. The number of carbonyl (C=O) groups is 1. The molecule has 2 aromatic carbocycles. The summed E-state index contributed by atoms with van der Waals surface area (Å²) in [5.41, 5.74) is 4.17. The van der Waals surface area contributed by atoms with Crippen molar-refractivity contribution >= 4 is 27.6 Å². The van der Waals surface area contributed by atoms with Gasteiger partial charge in [0.25, 0.3) is 5.91 Å². The first-order chi connectivity index (χ1) is 19.0. The molecule has 0 saturated heterocycles. The molecule has 0 saturated carbocycles. The molecule has 4 rings (SSSR count). The van der Waals surface area contributed by atoms with Crippen LogP contribution < -0.4 is 15.8 Å². The number of aromatic nitrogens is 3. The van der Waals surface area contributed by atoms with Gasteiger partial charge in [0.15, 0.2) is 5.69 Å². The second-order valence-corrected chi connectivity index (χ2v) is 11.7. The number of nitrogens with two attached hydrogens (primary N) is 1. The molecule has 41 heavy (non-hydrogen) atoms. The van der Waals surface area contributed by atoms with Crippen molar-refractivity contribution in [2.45, 2.75) is 37.4 Å². The Morgan fingerprint density at radius 3 is 2.32 bits per heavy atom. The van der Waals surface area contributed by atoms with Gasteiger partial charge in [0.1, 0.15) is 17.3 Å². The lowest BCUT2D eigenvalue weighted by atomic mass is 10.1. The molecular weight excluding hydrogens is 559 g/mol. The van der Waals surface area contributed by atoms with Crippen LogP contribution >= 0.6 is 0 Å². The minimum absolute atomic E-state index is 0.00528. The zero-order valence-electron chi connectivity index (χ0n) is 22.1. The van der Waals surface area contributed by atoms with E-state index < -0.39 is 39.0 Å². The number of hydrogen-bond donors (Lipinski definition) is 4. The van der Waals surface area contributed by atoms with Crippen LogP contribution in [0.5, 0.6) is 0 Å². The highest BCUT2D eigenvalue weighted by Crippen LogP contribution is 2.31. The number of rotatable bonds is 7. The lowest BCUT2D eigenvalue weighted by Crippen LogP contribution is -2.40. The largest absolute Gasteiger partial charge is 0.435 e. The van der Waals surface area contributed by atoms with Crippen molar-refractivity contribution in [1.82, 2.24) is 19.5 Å². The van der Waals surface area contributed by atoms with Crippen LogP contribution in [0.4, 0.5) is 19.0 Å². The second-order valence-electron chi connectivity index (χ2n) is 10.0. The van der Waals surface area contributed by atoms with Gasteiger partial charge in [0.2, 0.25) is 10.0 Å². The Hall–Kier alpha value is -4.56. The third-order valence-electron chi connectivity index (χ3n) is 5.57. The molecule has 4 aromatic rings. The number of anilines is 1. The fraction of sp³-hybridized carbons (Fsp3) is 0.185. The molecule has 0 spiro atoms. The molecule has 0 aliphatic rings. The Morgan fingerprint density at radius 2 is 1.71 bits per heavy atom. The number of amides is 1. The summed E-state index contributed by atoms with van der Waals surface area (Å²) in [4.78, 5) is 17.3. The number of halogens is 3. The number of pyridine rings is 1. The maximum absolute atomic E-state index is 13.5. The highest BCUT2D eigenvalue weighted by Gasteiger charge is 2.36. The Morgan fingerprint density at radius 1 is 1.00 bits per heavy atom. The molecule has 0 bridgehead atoms. The van der Waals surface area contributed by atoms with Crippen molar-refractivity contribution < 1.29 is 26.4 Å². The van der Waals surface area contributed by atoms with Gasteiger partial charge in [0.05, 0.1) is 10.6 Å². The summed E-state index contributed by atoms with van der Waals surface area (Å²) in [6, 6.07) is 15.6. The molecule has 0 aliphatic carbocycles. The van der Waals surface area contributed by atoms with E-state index in [-0.39, 0.29) is 27.8 Å². The van der Waals surface area contributed by atoms with E-state index in [0.717, 1.165) is 4.68 Å². The average molecular weight is 586 g/mol. The Balaban J connectivity index is 1.65. The van der Waals surface area contributed by atoms with Gasteiger partial charge in [-0.15, -0.1) is 0 Å². The first-order valence-electron chi connectivity index (χ1n) is 12.1. The fourth-order valence-electron chi connectivity index (χ4n) is 3.89. The van der Waals surface area contributed by atoms with Crippen LogP contribution in [0, 0.1) is 5.41 Å². The molecule has 14 heteroatoms. The van der Waals surface area contributed by atoms with Gasteiger partial charge in [-0.05, 0) is 51.1 Å².